The van der Waals surface area contributed by atoms with E-state index in [0.717, 1.165) is 11.4 Å². The van der Waals surface area contributed by atoms with E-state index in [2.05, 4.69) is 13.4 Å². The molecule has 0 saturated heterocycles. The molecule has 2 aromatic rings. The molecule has 0 amide bonds. The first-order valence-electron chi connectivity index (χ1n) is 5.99. The van der Waals surface area contributed by atoms with Crippen LogP contribution in [0.3, 0.4) is 0 Å². The van der Waals surface area contributed by atoms with Crippen LogP contribution in [0, 0.1) is 0 Å². The zero-order chi connectivity index (χ0) is 14.9. The summed E-state index contributed by atoms with van der Waals surface area (Å²) in [5.74, 6) is 0. The molecule has 6 nitrogen and oxygen atoms in total. The average Bonchev–Trinajstić information content (AvgIpc) is 3.14. The normalized spacial score (nSPS) is 14.7. The van der Waals surface area contributed by atoms with Gasteiger partial charge in [-0.05, 0) is 34.5 Å². The number of rotatable bonds is 5. The zero-order valence-electron chi connectivity index (χ0n) is 10.6. The highest BCUT2D eigenvalue weighted by molar-refractivity contribution is 7.89. The number of aliphatic hydroxyl groups excluding tert-OH is 1. The molecule has 0 fully saturated rings. The van der Waals surface area contributed by atoms with Crippen molar-refractivity contribution in [3.63, 3.8) is 0 Å². The van der Waals surface area contributed by atoms with E-state index in [-0.39, 0.29) is 11.4 Å². The molecule has 21 heavy (non-hydrogen) atoms. The lowest BCUT2D eigenvalue weighted by atomic mass is 10.2. The second-order valence-corrected chi connectivity index (χ2v) is 7.36. The fraction of sp³-hybridized carbons (Fsp3) is 0.167. The third kappa shape index (κ3) is 2.97. The standard InChI is InChI=1S/C12H11N3O3S3/c16-10(8-4-5-19-7-8)6-13-21(17,18)11-3-1-2-9-12(11)15-20-14-9/h1-5,7,10,13,16H,6H2. The highest BCUT2D eigenvalue weighted by Gasteiger charge is 2.23. The van der Waals surface area contributed by atoms with E-state index in [0.29, 0.717) is 16.9 Å². The van der Waals surface area contributed by atoms with Gasteiger partial charge < -0.3 is 5.11 Å². The molecule has 1 unspecified atom stereocenters. The van der Waals surface area contributed by atoms with Gasteiger partial charge in [0.15, 0.2) is 0 Å². The van der Waals surface area contributed by atoms with E-state index in [1.165, 1.54) is 17.4 Å². The summed E-state index contributed by atoms with van der Waals surface area (Å²) < 4.78 is 35.1. The highest BCUT2D eigenvalue weighted by atomic mass is 32.2. The lowest BCUT2D eigenvalue weighted by Gasteiger charge is -2.12. The molecule has 0 bridgehead atoms. The van der Waals surface area contributed by atoms with Crippen LogP contribution in [0.4, 0.5) is 11.4 Å². The Morgan fingerprint density at radius 3 is 2.90 bits per heavy atom. The van der Waals surface area contributed by atoms with Gasteiger partial charge in [0.2, 0.25) is 10.0 Å². The molecule has 1 aromatic heterocycles. The minimum atomic E-state index is -3.75. The van der Waals surface area contributed by atoms with E-state index in [9.17, 15) is 13.5 Å². The van der Waals surface area contributed by atoms with Crippen molar-refractivity contribution in [2.75, 3.05) is 6.54 Å². The summed E-state index contributed by atoms with van der Waals surface area (Å²) in [6.45, 7) is -0.0903. The molecule has 2 heterocycles. The van der Waals surface area contributed by atoms with Crippen LogP contribution in [0.1, 0.15) is 11.7 Å². The molecule has 1 aromatic carbocycles. The van der Waals surface area contributed by atoms with E-state index in [4.69, 9.17) is 0 Å². The first-order valence-corrected chi connectivity index (χ1v) is 9.14. The van der Waals surface area contributed by atoms with E-state index in [1.807, 2.05) is 5.38 Å². The first kappa shape index (κ1) is 14.5. The van der Waals surface area contributed by atoms with Crippen molar-refractivity contribution in [1.29, 1.82) is 0 Å². The maximum Gasteiger partial charge on any atom is 0.242 e. The van der Waals surface area contributed by atoms with Gasteiger partial charge in [-0.25, -0.2) is 13.1 Å². The van der Waals surface area contributed by atoms with Crippen LogP contribution in [0.25, 0.3) is 0 Å². The molecular formula is C12H11N3O3S3. The topological polar surface area (TPSA) is 91.1 Å². The van der Waals surface area contributed by atoms with Crippen LogP contribution in [-0.4, -0.2) is 20.1 Å². The summed E-state index contributed by atoms with van der Waals surface area (Å²) in [5.41, 5.74) is 1.58. The number of hydrogen-bond acceptors (Lipinski definition) is 6. The van der Waals surface area contributed by atoms with Crippen molar-refractivity contribution in [3.05, 3.63) is 40.6 Å². The van der Waals surface area contributed by atoms with Gasteiger partial charge in [-0.15, -0.1) is 0 Å². The van der Waals surface area contributed by atoms with Crippen molar-refractivity contribution in [2.24, 2.45) is 8.73 Å². The second kappa shape index (κ2) is 5.78. The fourth-order valence-corrected chi connectivity index (χ4v) is 4.36. The van der Waals surface area contributed by atoms with Crippen LogP contribution in [0.5, 0.6) is 0 Å². The average molecular weight is 341 g/mol. The monoisotopic (exact) mass is 341 g/mol. The number of thiophene rings is 1. The molecule has 110 valence electrons. The van der Waals surface area contributed by atoms with Gasteiger partial charge in [0.1, 0.15) is 16.3 Å². The summed E-state index contributed by atoms with van der Waals surface area (Å²) in [5, 5.41) is 13.6. The largest absolute Gasteiger partial charge is 0.387 e. The predicted octanol–water partition coefficient (Wildman–Crippen LogP) is 2.49. The number of hydrogen-bond donors (Lipinski definition) is 2. The Morgan fingerprint density at radius 2 is 2.14 bits per heavy atom. The molecule has 1 atom stereocenters. The van der Waals surface area contributed by atoms with Gasteiger partial charge in [0.05, 0.1) is 17.5 Å². The maximum absolute atomic E-state index is 12.3. The Balaban J connectivity index is 1.79. The molecule has 1 aliphatic rings. The number of nitrogens with zero attached hydrogens (tertiary/aromatic N) is 2. The molecule has 0 spiro atoms. The third-order valence-corrected chi connectivity index (χ3v) is 5.63. The summed E-state index contributed by atoms with van der Waals surface area (Å²) >= 11 is 2.41. The van der Waals surface area contributed by atoms with Gasteiger partial charge in [-0.3, -0.25) is 0 Å². The molecule has 2 N–H and O–H groups in total. The van der Waals surface area contributed by atoms with Crippen LogP contribution in [-0.2, 0) is 21.4 Å². The Labute approximate surface area is 129 Å². The zero-order valence-corrected chi connectivity index (χ0v) is 13.1. The molecule has 3 rings (SSSR count). The van der Waals surface area contributed by atoms with Crippen LogP contribution in [0.2, 0.25) is 0 Å². The van der Waals surface area contributed by atoms with Crippen molar-refractivity contribution in [3.8, 4) is 0 Å². The number of benzene rings is 1. The Kier molecular flexibility index (Phi) is 4.00. The van der Waals surface area contributed by atoms with Crippen LogP contribution >= 0.6 is 11.3 Å². The van der Waals surface area contributed by atoms with Crippen LogP contribution in [0.15, 0.2) is 48.6 Å². The van der Waals surface area contributed by atoms with E-state index in [1.54, 1.807) is 23.6 Å². The van der Waals surface area contributed by atoms with Crippen molar-refractivity contribution in [1.82, 2.24) is 4.72 Å². The Hall–Kier alpha value is -1.39. The van der Waals surface area contributed by atoms with Crippen molar-refractivity contribution in [2.45, 2.75) is 11.0 Å². The summed E-state index contributed by atoms with van der Waals surface area (Å²) in [7, 11) is -3.75. The summed E-state index contributed by atoms with van der Waals surface area (Å²) in [4.78, 5) is 0.0752. The highest BCUT2D eigenvalue weighted by Crippen LogP contribution is 2.37. The predicted molar refractivity (Wildman–Crippen MR) is 82.5 cm³/mol. The van der Waals surface area contributed by atoms with Gasteiger partial charge in [-0.2, -0.15) is 20.1 Å². The first-order chi connectivity index (χ1) is 10.1. The van der Waals surface area contributed by atoms with Gasteiger partial charge in [0, 0.05) is 6.54 Å². The molecular weight excluding hydrogens is 330 g/mol. The van der Waals surface area contributed by atoms with Crippen molar-refractivity contribution >= 4 is 44.1 Å². The minimum absolute atomic E-state index is 0.0752. The molecule has 0 radical (unpaired) electrons. The fourth-order valence-electron chi connectivity index (χ4n) is 1.85. The summed E-state index contributed by atoms with van der Waals surface area (Å²) in [6.07, 6.45) is -0.876. The van der Waals surface area contributed by atoms with Crippen molar-refractivity contribution < 1.29 is 13.5 Å². The molecule has 1 aliphatic heterocycles. The molecule has 0 saturated carbocycles. The third-order valence-electron chi connectivity index (χ3n) is 2.93. The van der Waals surface area contributed by atoms with Gasteiger partial charge in [-0.1, -0.05) is 6.07 Å². The van der Waals surface area contributed by atoms with Gasteiger partial charge >= 0.3 is 0 Å². The quantitative estimate of drug-likeness (QED) is 0.747. The SMILES string of the molecule is O=S(=O)(NCC(O)c1ccsc1)c1cccc2c1N=S=N2. The van der Waals surface area contributed by atoms with Gasteiger partial charge in [0.25, 0.3) is 0 Å². The second-order valence-electron chi connectivity index (χ2n) is 4.31. The van der Waals surface area contributed by atoms with Crippen LogP contribution < -0.4 is 4.72 Å². The smallest absolute Gasteiger partial charge is 0.242 e. The van der Waals surface area contributed by atoms with E-state index < -0.39 is 16.1 Å². The number of aliphatic hydroxyl groups is 1. The Morgan fingerprint density at radius 1 is 1.29 bits per heavy atom. The van der Waals surface area contributed by atoms with E-state index >= 15 is 0 Å². The minimum Gasteiger partial charge on any atom is -0.387 e. The lowest BCUT2D eigenvalue weighted by Crippen LogP contribution is -2.28. The summed E-state index contributed by atoms with van der Waals surface area (Å²) in [6, 6.07) is 6.56. The maximum atomic E-state index is 12.3. The molecule has 9 heteroatoms. The number of nitrogens with one attached hydrogen (secondary N) is 1. The Bertz CT molecular complexity index is 825. The number of fused-ring (bicyclic) bond motifs is 1. The number of sulfonamides is 1. The molecule has 0 aliphatic carbocycles. The lowest BCUT2D eigenvalue weighted by molar-refractivity contribution is 0.182.